The van der Waals surface area contributed by atoms with E-state index < -0.39 is 0 Å². The Hall–Kier alpha value is -1.88. The maximum Gasteiger partial charge on any atom is 0.255 e. The van der Waals surface area contributed by atoms with Crippen molar-refractivity contribution in [1.29, 1.82) is 0 Å². The molecule has 1 saturated heterocycles. The van der Waals surface area contributed by atoms with Crippen molar-refractivity contribution in [3.63, 3.8) is 0 Å². The number of morpholine rings is 1. The first-order valence-corrected chi connectivity index (χ1v) is 4.92. The van der Waals surface area contributed by atoms with E-state index in [0.717, 1.165) is 5.56 Å². The van der Waals surface area contributed by atoms with Gasteiger partial charge in [0.25, 0.3) is 11.8 Å². The van der Waals surface area contributed by atoms with Crippen LogP contribution in [-0.2, 0) is 20.9 Å². The summed E-state index contributed by atoms with van der Waals surface area (Å²) >= 11 is 0. The molecule has 1 aliphatic rings. The van der Waals surface area contributed by atoms with Crippen LogP contribution in [0, 0.1) is 0 Å². The summed E-state index contributed by atoms with van der Waals surface area (Å²) in [6.45, 7) is 0.189. The van der Waals surface area contributed by atoms with Crippen LogP contribution in [0.1, 0.15) is 5.56 Å². The number of nitrogen functional groups attached to an aromatic ring is 1. The van der Waals surface area contributed by atoms with Crippen molar-refractivity contribution in [3.05, 3.63) is 29.8 Å². The molecule has 1 aromatic carbocycles. The van der Waals surface area contributed by atoms with Gasteiger partial charge < -0.3 is 10.5 Å². The number of benzene rings is 1. The second-order valence-corrected chi connectivity index (χ2v) is 3.61. The Morgan fingerprint density at radius 2 is 1.94 bits per heavy atom. The van der Waals surface area contributed by atoms with E-state index in [4.69, 9.17) is 10.5 Å². The molecule has 2 N–H and O–H groups in total. The first kappa shape index (κ1) is 10.6. The van der Waals surface area contributed by atoms with Crippen molar-refractivity contribution >= 4 is 17.5 Å². The summed E-state index contributed by atoms with van der Waals surface area (Å²) in [7, 11) is 0. The molecular formula is C11H12N2O3. The lowest BCUT2D eigenvalue weighted by molar-refractivity contribution is -0.159. The minimum atomic E-state index is -0.307. The summed E-state index contributed by atoms with van der Waals surface area (Å²) in [4.78, 5) is 24.1. The second-order valence-electron chi connectivity index (χ2n) is 3.61. The number of nitrogens with zero attached hydrogens (tertiary/aromatic N) is 1. The number of nitrogens with two attached hydrogens (primary N) is 1. The van der Waals surface area contributed by atoms with Crippen molar-refractivity contribution < 1.29 is 14.3 Å². The fourth-order valence-corrected chi connectivity index (χ4v) is 1.57. The highest BCUT2D eigenvalue weighted by molar-refractivity contribution is 5.98. The molecule has 0 spiro atoms. The Labute approximate surface area is 92.8 Å². The van der Waals surface area contributed by atoms with Crippen molar-refractivity contribution in [1.82, 2.24) is 4.90 Å². The molecule has 5 nitrogen and oxygen atoms in total. The molecule has 0 aliphatic carbocycles. The third-order valence-electron chi connectivity index (χ3n) is 2.34. The van der Waals surface area contributed by atoms with Crippen LogP contribution in [0.25, 0.3) is 0 Å². The van der Waals surface area contributed by atoms with Crippen LogP contribution in [0.5, 0.6) is 0 Å². The number of ether oxygens (including phenoxy) is 1. The number of hydrogen-bond acceptors (Lipinski definition) is 4. The number of amides is 2. The Bertz CT molecular complexity index is 415. The Kier molecular flexibility index (Phi) is 2.87. The first-order valence-electron chi connectivity index (χ1n) is 4.92. The van der Waals surface area contributed by atoms with E-state index in [1.165, 1.54) is 4.90 Å². The highest BCUT2D eigenvalue weighted by Crippen LogP contribution is 2.11. The topological polar surface area (TPSA) is 72.6 Å². The SMILES string of the molecule is Nc1cccc(CN2C(=O)COCC2=O)c1. The largest absolute Gasteiger partial charge is 0.399 e. The van der Waals surface area contributed by atoms with Crippen LogP contribution in [0.3, 0.4) is 0 Å². The summed E-state index contributed by atoms with van der Waals surface area (Å²) in [5.41, 5.74) is 7.07. The van der Waals surface area contributed by atoms with Gasteiger partial charge in [-0.1, -0.05) is 12.1 Å². The van der Waals surface area contributed by atoms with Gasteiger partial charge >= 0.3 is 0 Å². The molecule has 1 aromatic rings. The average molecular weight is 220 g/mol. The van der Waals surface area contributed by atoms with Crippen LogP contribution >= 0.6 is 0 Å². The number of imide groups is 1. The first-order chi connectivity index (χ1) is 7.66. The van der Waals surface area contributed by atoms with E-state index in [1.807, 2.05) is 6.07 Å². The van der Waals surface area contributed by atoms with Crippen molar-refractivity contribution in [2.75, 3.05) is 18.9 Å². The zero-order chi connectivity index (χ0) is 11.5. The number of hydrogen-bond donors (Lipinski definition) is 1. The smallest absolute Gasteiger partial charge is 0.255 e. The molecule has 5 heteroatoms. The Balaban J connectivity index is 2.13. The molecule has 16 heavy (non-hydrogen) atoms. The zero-order valence-corrected chi connectivity index (χ0v) is 8.68. The van der Waals surface area contributed by atoms with Gasteiger partial charge in [-0.3, -0.25) is 14.5 Å². The zero-order valence-electron chi connectivity index (χ0n) is 8.68. The fraction of sp³-hybridized carbons (Fsp3) is 0.273. The maximum atomic E-state index is 11.4. The minimum absolute atomic E-state index is 0.0337. The summed E-state index contributed by atoms with van der Waals surface area (Å²) in [5.74, 6) is -0.614. The predicted octanol–water partition coefficient (Wildman–Crippen LogP) is 0.154. The fourth-order valence-electron chi connectivity index (χ4n) is 1.57. The summed E-state index contributed by atoms with van der Waals surface area (Å²) in [6, 6.07) is 7.12. The monoisotopic (exact) mass is 220 g/mol. The maximum absolute atomic E-state index is 11.4. The molecule has 2 rings (SSSR count). The van der Waals surface area contributed by atoms with E-state index in [2.05, 4.69) is 0 Å². The lowest BCUT2D eigenvalue weighted by Crippen LogP contribution is -2.45. The predicted molar refractivity (Wildman–Crippen MR) is 57.2 cm³/mol. The van der Waals surface area contributed by atoms with Gasteiger partial charge in [-0.2, -0.15) is 0 Å². The molecule has 0 bridgehead atoms. The van der Waals surface area contributed by atoms with Crippen molar-refractivity contribution in [2.24, 2.45) is 0 Å². The van der Waals surface area contributed by atoms with Crippen LogP contribution in [0.4, 0.5) is 5.69 Å². The average Bonchev–Trinajstić information content (AvgIpc) is 2.24. The third kappa shape index (κ3) is 2.20. The van der Waals surface area contributed by atoms with Crippen molar-refractivity contribution in [3.8, 4) is 0 Å². The number of anilines is 1. The molecule has 0 unspecified atom stereocenters. The third-order valence-corrected chi connectivity index (χ3v) is 2.34. The van der Waals surface area contributed by atoms with E-state index in [0.29, 0.717) is 5.69 Å². The molecule has 0 atom stereocenters. The molecule has 1 heterocycles. The van der Waals surface area contributed by atoms with E-state index in [9.17, 15) is 9.59 Å². The summed E-state index contributed by atoms with van der Waals surface area (Å²) < 4.78 is 4.82. The standard InChI is InChI=1S/C11H12N2O3/c12-9-3-1-2-8(4-9)5-13-10(14)6-16-7-11(13)15/h1-4H,5-7,12H2. The number of rotatable bonds is 2. The minimum Gasteiger partial charge on any atom is -0.399 e. The summed E-state index contributed by atoms with van der Waals surface area (Å²) in [5, 5.41) is 0. The van der Waals surface area contributed by atoms with Crippen LogP contribution < -0.4 is 5.73 Å². The highest BCUT2D eigenvalue weighted by atomic mass is 16.5. The molecule has 0 saturated carbocycles. The number of carbonyl (C=O) groups excluding carboxylic acids is 2. The van der Waals surface area contributed by atoms with Crippen LogP contribution in [0.2, 0.25) is 0 Å². The lowest BCUT2D eigenvalue weighted by atomic mass is 10.2. The molecule has 0 aromatic heterocycles. The normalized spacial score (nSPS) is 16.6. The Morgan fingerprint density at radius 1 is 1.25 bits per heavy atom. The molecule has 0 radical (unpaired) electrons. The van der Waals surface area contributed by atoms with Gasteiger partial charge in [0, 0.05) is 5.69 Å². The second kappa shape index (κ2) is 4.32. The van der Waals surface area contributed by atoms with Gasteiger partial charge in [0.2, 0.25) is 0 Å². The van der Waals surface area contributed by atoms with E-state index in [1.54, 1.807) is 18.2 Å². The van der Waals surface area contributed by atoms with Gasteiger partial charge in [0.1, 0.15) is 13.2 Å². The molecule has 84 valence electrons. The summed E-state index contributed by atoms with van der Waals surface area (Å²) in [6.07, 6.45) is 0. The highest BCUT2D eigenvalue weighted by Gasteiger charge is 2.26. The molecule has 2 amide bonds. The van der Waals surface area contributed by atoms with Crippen molar-refractivity contribution in [2.45, 2.75) is 6.54 Å². The van der Waals surface area contributed by atoms with Gasteiger partial charge in [0.15, 0.2) is 0 Å². The van der Waals surface area contributed by atoms with Crippen LogP contribution in [0.15, 0.2) is 24.3 Å². The molecule has 1 fully saturated rings. The van der Waals surface area contributed by atoms with E-state index in [-0.39, 0.29) is 31.6 Å². The van der Waals surface area contributed by atoms with Gasteiger partial charge in [-0.05, 0) is 17.7 Å². The van der Waals surface area contributed by atoms with Gasteiger partial charge in [0.05, 0.1) is 6.54 Å². The Morgan fingerprint density at radius 3 is 2.56 bits per heavy atom. The molecule has 1 aliphatic heterocycles. The molecular weight excluding hydrogens is 208 g/mol. The number of carbonyl (C=O) groups is 2. The quantitative estimate of drug-likeness (QED) is 0.569. The van der Waals surface area contributed by atoms with Gasteiger partial charge in [-0.25, -0.2) is 0 Å². The van der Waals surface area contributed by atoms with E-state index >= 15 is 0 Å². The van der Waals surface area contributed by atoms with Gasteiger partial charge in [-0.15, -0.1) is 0 Å². The lowest BCUT2D eigenvalue weighted by Gasteiger charge is -2.24. The van der Waals surface area contributed by atoms with Crippen LogP contribution in [-0.4, -0.2) is 29.9 Å².